The van der Waals surface area contributed by atoms with E-state index in [1.165, 1.54) is 6.92 Å². The minimum Gasteiger partial charge on any atom is -0.423 e. The predicted molar refractivity (Wildman–Crippen MR) is 94.1 cm³/mol. The van der Waals surface area contributed by atoms with Gasteiger partial charge >= 0.3 is 5.97 Å². The molecule has 3 rings (SSSR count). The summed E-state index contributed by atoms with van der Waals surface area (Å²) in [5.41, 5.74) is 2.80. The number of amides is 1. The summed E-state index contributed by atoms with van der Waals surface area (Å²) in [6, 6.07) is 12.2. The monoisotopic (exact) mass is 338 g/mol. The largest absolute Gasteiger partial charge is 0.423 e. The lowest BCUT2D eigenvalue weighted by Gasteiger charge is -2.29. The minimum atomic E-state index is -0.400. The molecule has 0 aromatic heterocycles. The van der Waals surface area contributed by atoms with E-state index in [1.807, 2.05) is 19.1 Å². The number of nitrogens with zero attached hydrogens (tertiary/aromatic N) is 1. The predicted octanol–water partition coefficient (Wildman–Crippen LogP) is 2.56. The third kappa shape index (κ3) is 3.85. The Kier molecular flexibility index (Phi) is 4.52. The van der Waals surface area contributed by atoms with E-state index in [-0.39, 0.29) is 24.8 Å². The summed E-state index contributed by atoms with van der Waals surface area (Å²) < 4.78 is 5.21. The highest BCUT2D eigenvalue weighted by Gasteiger charge is 2.25. The quantitative estimate of drug-likeness (QED) is 0.527. The number of rotatable bonds is 4. The number of carbonyl (C=O) groups excluding carboxylic acids is 3. The van der Waals surface area contributed by atoms with Crippen LogP contribution in [0.3, 0.4) is 0 Å². The first-order chi connectivity index (χ1) is 11.9. The van der Waals surface area contributed by atoms with Crippen LogP contribution >= 0.6 is 0 Å². The maximum atomic E-state index is 12.4. The van der Waals surface area contributed by atoms with E-state index in [2.05, 4.69) is 5.32 Å². The van der Waals surface area contributed by atoms with E-state index in [9.17, 15) is 14.4 Å². The van der Waals surface area contributed by atoms with Gasteiger partial charge in [-0.1, -0.05) is 18.2 Å². The number of aryl methyl sites for hydroxylation is 1. The zero-order chi connectivity index (χ0) is 18.0. The molecular weight excluding hydrogens is 320 g/mol. The molecule has 1 heterocycles. The fourth-order valence-corrected chi connectivity index (χ4v) is 2.69. The molecule has 0 unspecified atom stereocenters. The highest BCUT2D eigenvalue weighted by Crippen LogP contribution is 2.32. The van der Waals surface area contributed by atoms with Crippen molar-refractivity contribution in [2.45, 2.75) is 13.8 Å². The van der Waals surface area contributed by atoms with Crippen molar-refractivity contribution in [1.82, 2.24) is 0 Å². The molecule has 2 aromatic rings. The molecule has 0 fully saturated rings. The van der Waals surface area contributed by atoms with Crippen LogP contribution in [-0.2, 0) is 9.59 Å². The smallest absolute Gasteiger partial charge is 0.331 e. The lowest BCUT2D eigenvalue weighted by atomic mass is 10.1. The van der Waals surface area contributed by atoms with Crippen molar-refractivity contribution in [3.8, 4) is 5.75 Å². The fraction of sp³-hybridized carbons (Fsp3) is 0.211. The zero-order valence-electron chi connectivity index (χ0n) is 14.0. The summed E-state index contributed by atoms with van der Waals surface area (Å²) in [6.45, 7) is 3.43. The fourth-order valence-electron chi connectivity index (χ4n) is 2.69. The number of hydrogen-bond acceptors (Lipinski definition) is 5. The summed E-state index contributed by atoms with van der Waals surface area (Å²) in [5, 5.41) is 2.76. The van der Waals surface area contributed by atoms with Crippen molar-refractivity contribution in [3.63, 3.8) is 0 Å². The topological polar surface area (TPSA) is 75.7 Å². The molecule has 2 aromatic carbocycles. The van der Waals surface area contributed by atoms with Gasteiger partial charge in [-0.2, -0.15) is 0 Å². The maximum Gasteiger partial charge on any atom is 0.331 e. The second kappa shape index (κ2) is 6.76. The van der Waals surface area contributed by atoms with Crippen LogP contribution in [0.2, 0.25) is 0 Å². The van der Waals surface area contributed by atoms with Crippen LogP contribution in [0.1, 0.15) is 22.8 Å². The molecule has 1 N–H and O–H groups in total. The summed E-state index contributed by atoms with van der Waals surface area (Å²) in [5.74, 6) is -0.293. The first-order valence-corrected chi connectivity index (χ1v) is 7.89. The molecule has 1 aliphatic rings. The van der Waals surface area contributed by atoms with Crippen LogP contribution < -0.4 is 15.0 Å². The summed E-state index contributed by atoms with van der Waals surface area (Å²) >= 11 is 0. The van der Waals surface area contributed by atoms with Crippen molar-refractivity contribution >= 4 is 29.0 Å². The highest BCUT2D eigenvalue weighted by molar-refractivity contribution is 5.99. The van der Waals surface area contributed by atoms with Crippen LogP contribution in [-0.4, -0.2) is 30.7 Å². The van der Waals surface area contributed by atoms with Crippen LogP contribution in [0.5, 0.6) is 5.75 Å². The number of hydrogen-bond donors (Lipinski definition) is 1. The number of nitrogens with one attached hydrogen (secondary N) is 1. The third-order valence-electron chi connectivity index (χ3n) is 3.89. The number of carbonyl (C=O) groups is 3. The molecule has 1 aliphatic heterocycles. The van der Waals surface area contributed by atoms with Gasteiger partial charge in [-0.3, -0.25) is 9.59 Å². The Morgan fingerprint density at radius 1 is 1.20 bits per heavy atom. The van der Waals surface area contributed by atoms with Gasteiger partial charge in [0.05, 0.1) is 12.2 Å². The molecule has 0 saturated carbocycles. The van der Waals surface area contributed by atoms with Gasteiger partial charge in [-0.15, -0.1) is 0 Å². The van der Waals surface area contributed by atoms with E-state index in [0.717, 1.165) is 5.56 Å². The lowest BCUT2D eigenvalue weighted by molar-refractivity contribution is -0.133. The number of benzene rings is 2. The van der Waals surface area contributed by atoms with Gasteiger partial charge in [-0.25, -0.2) is 4.79 Å². The molecule has 0 spiro atoms. The first-order valence-electron chi connectivity index (χ1n) is 7.89. The normalized spacial score (nSPS) is 13.0. The van der Waals surface area contributed by atoms with Crippen LogP contribution in [0.15, 0.2) is 42.5 Å². The van der Waals surface area contributed by atoms with Crippen molar-refractivity contribution in [2.75, 3.05) is 23.3 Å². The molecule has 0 atom stereocenters. The number of Topliss-reactive ketones (excluding diaryl/α,β-unsaturated/α-hetero) is 1. The number of anilines is 2. The third-order valence-corrected chi connectivity index (χ3v) is 3.89. The second-order valence-corrected chi connectivity index (χ2v) is 5.99. The Morgan fingerprint density at radius 3 is 2.76 bits per heavy atom. The van der Waals surface area contributed by atoms with Gasteiger partial charge in [0.25, 0.3) is 0 Å². The molecule has 128 valence electrons. The van der Waals surface area contributed by atoms with Gasteiger partial charge in [0.1, 0.15) is 6.54 Å². The Morgan fingerprint density at radius 2 is 2.00 bits per heavy atom. The SMILES string of the molecule is CC(=O)c1cccc(NC(=O)CN2CC(=O)Oc3ccc(C)cc32)c1. The van der Waals surface area contributed by atoms with E-state index >= 15 is 0 Å². The number of ketones is 1. The van der Waals surface area contributed by atoms with Gasteiger partial charge in [-0.05, 0) is 43.7 Å². The molecule has 6 heteroatoms. The van der Waals surface area contributed by atoms with E-state index in [4.69, 9.17) is 4.74 Å². The molecule has 1 amide bonds. The summed E-state index contributed by atoms with van der Waals surface area (Å²) in [6.07, 6.45) is 0. The number of esters is 1. The van der Waals surface area contributed by atoms with Crippen molar-refractivity contribution in [3.05, 3.63) is 53.6 Å². The van der Waals surface area contributed by atoms with Crippen molar-refractivity contribution in [2.24, 2.45) is 0 Å². The molecule has 0 aliphatic carbocycles. The van der Waals surface area contributed by atoms with Gasteiger partial charge in [0.15, 0.2) is 11.5 Å². The van der Waals surface area contributed by atoms with Crippen LogP contribution in [0, 0.1) is 6.92 Å². The Labute approximate surface area is 145 Å². The Hall–Kier alpha value is -3.15. The molecule has 0 saturated heterocycles. The van der Waals surface area contributed by atoms with Gasteiger partial charge in [0.2, 0.25) is 5.91 Å². The van der Waals surface area contributed by atoms with E-state index < -0.39 is 5.97 Å². The van der Waals surface area contributed by atoms with E-state index in [1.54, 1.807) is 35.2 Å². The molecule has 0 radical (unpaired) electrons. The average Bonchev–Trinajstić information content (AvgIpc) is 2.55. The van der Waals surface area contributed by atoms with E-state index in [0.29, 0.717) is 22.7 Å². The van der Waals surface area contributed by atoms with Gasteiger partial charge in [0, 0.05) is 11.3 Å². The second-order valence-electron chi connectivity index (χ2n) is 5.99. The summed E-state index contributed by atoms with van der Waals surface area (Å²) in [7, 11) is 0. The highest BCUT2D eigenvalue weighted by atomic mass is 16.5. The minimum absolute atomic E-state index is 0.00977. The van der Waals surface area contributed by atoms with Crippen LogP contribution in [0.25, 0.3) is 0 Å². The molecule has 25 heavy (non-hydrogen) atoms. The average molecular weight is 338 g/mol. The zero-order valence-corrected chi connectivity index (χ0v) is 14.0. The van der Waals surface area contributed by atoms with Crippen molar-refractivity contribution in [1.29, 1.82) is 0 Å². The lowest BCUT2D eigenvalue weighted by Crippen LogP contribution is -2.41. The number of fused-ring (bicyclic) bond motifs is 1. The van der Waals surface area contributed by atoms with Crippen molar-refractivity contribution < 1.29 is 19.1 Å². The Balaban J connectivity index is 1.75. The maximum absolute atomic E-state index is 12.4. The molecular formula is C19H18N2O4. The van der Waals surface area contributed by atoms with Gasteiger partial charge < -0.3 is 15.0 Å². The Bertz CT molecular complexity index is 860. The molecule has 6 nitrogen and oxygen atoms in total. The first kappa shape index (κ1) is 16.7. The number of ether oxygens (including phenoxy) is 1. The van der Waals surface area contributed by atoms with Crippen LogP contribution in [0.4, 0.5) is 11.4 Å². The molecule has 0 bridgehead atoms. The standard InChI is InChI=1S/C19H18N2O4/c1-12-6-7-17-16(8-12)21(11-19(24)25-17)10-18(23)20-15-5-3-4-14(9-15)13(2)22/h3-9H,10-11H2,1-2H3,(H,20,23). The summed E-state index contributed by atoms with van der Waals surface area (Å²) in [4.78, 5) is 37.2.